The molecule has 1 atom stereocenters. The fraction of sp³-hybridized carbons (Fsp3) is 0.400. The molecule has 1 amide bonds. The first-order chi connectivity index (χ1) is 12.2. The van der Waals surface area contributed by atoms with Crippen molar-refractivity contribution in [1.29, 1.82) is 0 Å². The van der Waals surface area contributed by atoms with Crippen LogP contribution in [0.15, 0.2) is 48.7 Å². The van der Waals surface area contributed by atoms with Gasteiger partial charge in [0.25, 0.3) is 0 Å². The van der Waals surface area contributed by atoms with Crippen LogP contribution >= 0.6 is 24.8 Å². The van der Waals surface area contributed by atoms with Crippen LogP contribution in [0, 0.1) is 5.92 Å². The van der Waals surface area contributed by atoms with Crippen LogP contribution in [-0.4, -0.2) is 24.0 Å². The Hall–Kier alpha value is -1.82. The second kappa shape index (κ2) is 11.8. The van der Waals surface area contributed by atoms with Gasteiger partial charge in [0.05, 0.1) is 18.3 Å². The molecule has 0 radical (unpaired) electrons. The molecule has 0 spiro atoms. The molecule has 1 aliphatic rings. The fourth-order valence-electron chi connectivity index (χ4n) is 2.60. The molecular formula is C20H27Cl2N3O2. The van der Waals surface area contributed by atoms with Crippen LogP contribution in [0.2, 0.25) is 0 Å². The Morgan fingerprint density at radius 1 is 1.22 bits per heavy atom. The van der Waals surface area contributed by atoms with Crippen LogP contribution in [0.3, 0.4) is 0 Å². The van der Waals surface area contributed by atoms with Crippen molar-refractivity contribution in [3.63, 3.8) is 0 Å². The number of nitrogens with one attached hydrogen (secondary N) is 2. The summed E-state index contributed by atoms with van der Waals surface area (Å²) in [6.07, 6.45) is 4.33. The van der Waals surface area contributed by atoms with Crippen LogP contribution in [0.1, 0.15) is 37.1 Å². The van der Waals surface area contributed by atoms with E-state index in [1.165, 1.54) is 12.8 Å². The first-order valence-corrected chi connectivity index (χ1v) is 8.83. The number of ether oxygens (including phenoxy) is 1. The number of carbonyl (C=O) groups is 1. The number of pyridine rings is 1. The summed E-state index contributed by atoms with van der Waals surface area (Å²) in [4.78, 5) is 16.3. The van der Waals surface area contributed by atoms with Crippen molar-refractivity contribution >= 4 is 30.7 Å². The third-order valence-corrected chi connectivity index (χ3v) is 4.26. The van der Waals surface area contributed by atoms with Gasteiger partial charge in [-0.25, -0.2) is 0 Å². The van der Waals surface area contributed by atoms with Crippen molar-refractivity contribution in [3.8, 4) is 5.75 Å². The van der Waals surface area contributed by atoms with E-state index in [9.17, 15) is 4.79 Å². The minimum Gasteiger partial charge on any atom is -0.487 e. The first-order valence-electron chi connectivity index (χ1n) is 8.83. The molecule has 2 N–H and O–H groups in total. The molecule has 1 aliphatic carbocycles. The molecule has 0 aliphatic heterocycles. The molecule has 2 aromatic rings. The molecule has 1 aromatic carbocycles. The summed E-state index contributed by atoms with van der Waals surface area (Å²) in [5.74, 6) is 1.57. The van der Waals surface area contributed by atoms with Crippen LogP contribution in [0.25, 0.3) is 0 Å². The summed E-state index contributed by atoms with van der Waals surface area (Å²) in [6, 6.07) is 13.5. The Labute approximate surface area is 173 Å². The van der Waals surface area contributed by atoms with E-state index in [1.807, 2.05) is 49.4 Å². The largest absolute Gasteiger partial charge is 0.487 e. The molecule has 148 valence electrons. The lowest BCUT2D eigenvalue weighted by Crippen LogP contribution is -2.36. The lowest BCUT2D eigenvalue weighted by Gasteiger charge is -2.16. The SMILES string of the molecule is CC(NC(=O)CNCC1CC1)c1cccc(OCc2ccccn2)c1.Cl.Cl. The van der Waals surface area contributed by atoms with E-state index in [2.05, 4.69) is 15.6 Å². The molecule has 27 heavy (non-hydrogen) atoms. The lowest BCUT2D eigenvalue weighted by molar-refractivity contribution is -0.120. The predicted octanol–water partition coefficient (Wildman–Crippen LogP) is 3.68. The van der Waals surface area contributed by atoms with Crippen molar-refractivity contribution in [3.05, 3.63) is 59.9 Å². The number of hydrogen-bond donors (Lipinski definition) is 2. The maximum atomic E-state index is 12.0. The standard InChI is InChI=1S/C20H25N3O2.2ClH/c1-15(23-20(24)13-21-12-16-8-9-16)17-5-4-7-19(11-17)25-14-18-6-2-3-10-22-18;;/h2-7,10-11,15-16,21H,8-9,12-14H2,1H3,(H,23,24);2*1H. The molecule has 1 fully saturated rings. The number of carbonyl (C=O) groups excluding carboxylic acids is 1. The van der Waals surface area contributed by atoms with E-state index in [1.54, 1.807) is 6.20 Å². The zero-order valence-corrected chi connectivity index (χ0v) is 17.0. The van der Waals surface area contributed by atoms with Gasteiger partial charge in [-0.15, -0.1) is 24.8 Å². The van der Waals surface area contributed by atoms with E-state index >= 15 is 0 Å². The average molecular weight is 412 g/mol. The van der Waals surface area contributed by atoms with E-state index in [4.69, 9.17) is 4.74 Å². The van der Waals surface area contributed by atoms with Gasteiger partial charge >= 0.3 is 0 Å². The molecule has 0 saturated heterocycles. The maximum absolute atomic E-state index is 12.0. The zero-order chi connectivity index (χ0) is 17.5. The van der Waals surface area contributed by atoms with Crippen LogP contribution in [0.5, 0.6) is 5.75 Å². The van der Waals surface area contributed by atoms with Gasteiger partial charge in [0.15, 0.2) is 0 Å². The molecular weight excluding hydrogens is 385 g/mol. The molecule has 1 saturated carbocycles. The van der Waals surface area contributed by atoms with Crippen LogP contribution < -0.4 is 15.4 Å². The van der Waals surface area contributed by atoms with Crippen molar-refractivity contribution < 1.29 is 9.53 Å². The molecule has 1 unspecified atom stereocenters. The topological polar surface area (TPSA) is 63.2 Å². The zero-order valence-electron chi connectivity index (χ0n) is 15.4. The summed E-state index contributed by atoms with van der Waals surface area (Å²) in [7, 11) is 0. The molecule has 3 rings (SSSR count). The minimum absolute atomic E-state index is 0. The Balaban J connectivity index is 0.00000182. The molecule has 0 bridgehead atoms. The van der Waals surface area contributed by atoms with Gasteiger partial charge in [-0.05, 0) is 62.1 Å². The van der Waals surface area contributed by atoms with Gasteiger partial charge in [-0.1, -0.05) is 18.2 Å². The van der Waals surface area contributed by atoms with Gasteiger partial charge in [0.1, 0.15) is 12.4 Å². The monoisotopic (exact) mass is 411 g/mol. The third-order valence-electron chi connectivity index (χ3n) is 4.26. The minimum atomic E-state index is -0.0615. The molecule has 1 heterocycles. The Morgan fingerprint density at radius 3 is 2.74 bits per heavy atom. The van der Waals surface area contributed by atoms with E-state index in [0.29, 0.717) is 13.2 Å². The summed E-state index contributed by atoms with van der Waals surface area (Å²) >= 11 is 0. The van der Waals surface area contributed by atoms with Crippen LogP contribution in [0.4, 0.5) is 0 Å². The van der Waals surface area contributed by atoms with Gasteiger partial charge in [0.2, 0.25) is 5.91 Å². The number of aromatic nitrogens is 1. The average Bonchev–Trinajstić information content (AvgIpc) is 3.45. The summed E-state index contributed by atoms with van der Waals surface area (Å²) in [5, 5.41) is 6.23. The Kier molecular flexibility index (Phi) is 10.1. The lowest BCUT2D eigenvalue weighted by atomic mass is 10.1. The van der Waals surface area contributed by atoms with E-state index < -0.39 is 0 Å². The normalized spacial score (nSPS) is 13.7. The highest BCUT2D eigenvalue weighted by Gasteiger charge is 2.20. The molecule has 5 nitrogen and oxygen atoms in total. The van der Waals surface area contributed by atoms with Gasteiger partial charge in [0, 0.05) is 6.20 Å². The number of rotatable bonds is 9. The van der Waals surface area contributed by atoms with Gasteiger partial charge < -0.3 is 15.4 Å². The predicted molar refractivity (Wildman–Crippen MR) is 112 cm³/mol. The fourth-order valence-corrected chi connectivity index (χ4v) is 2.60. The molecule has 7 heteroatoms. The number of nitrogens with zero attached hydrogens (tertiary/aromatic N) is 1. The Morgan fingerprint density at radius 2 is 2.04 bits per heavy atom. The van der Waals surface area contributed by atoms with Crippen molar-refractivity contribution in [2.75, 3.05) is 13.1 Å². The van der Waals surface area contributed by atoms with Gasteiger partial charge in [-0.3, -0.25) is 9.78 Å². The maximum Gasteiger partial charge on any atom is 0.234 e. The second-order valence-corrected chi connectivity index (χ2v) is 6.55. The first kappa shape index (κ1) is 23.2. The molecule has 1 aromatic heterocycles. The van der Waals surface area contributed by atoms with E-state index in [-0.39, 0.29) is 36.8 Å². The number of amides is 1. The smallest absolute Gasteiger partial charge is 0.234 e. The van der Waals surface area contributed by atoms with E-state index in [0.717, 1.165) is 29.5 Å². The van der Waals surface area contributed by atoms with Crippen molar-refractivity contribution in [2.24, 2.45) is 5.92 Å². The van der Waals surface area contributed by atoms with Crippen molar-refractivity contribution in [2.45, 2.75) is 32.4 Å². The number of hydrogen-bond acceptors (Lipinski definition) is 4. The van der Waals surface area contributed by atoms with Gasteiger partial charge in [-0.2, -0.15) is 0 Å². The van der Waals surface area contributed by atoms with Crippen LogP contribution in [-0.2, 0) is 11.4 Å². The highest BCUT2D eigenvalue weighted by molar-refractivity contribution is 5.85. The summed E-state index contributed by atoms with van der Waals surface area (Å²) in [6.45, 7) is 3.72. The number of halogens is 2. The third kappa shape index (κ3) is 8.16. The summed E-state index contributed by atoms with van der Waals surface area (Å²) in [5.41, 5.74) is 1.91. The van der Waals surface area contributed by atoms with Crippen molar-refractivity contribution in [1.82, 2.24) is 15.6 Å². The second-order valence-electron chi connectivity index (χ2n) is 6.55. The number of benzene rings is 1. The highest BCUT2D eigenvalue weighted by atomic mass is 35.5. The quantitative estimate of drug-likeness (QED) is 0.660. The summed E-state index contributed by atoms with van der Waals surface area (Å²) < 4.78 is 5.80. The highest BCUT2D eigenvalue weighted by Crippen LogP contribution is 2.27. The Bertz CT molecular complexity index is 697.